The van der Waals surface area contributed by atoms with Crippen LogP contribution < -0.4 is 10.0 Å². The first-order valence-corrected chi connectivity index (χ1v) is 8.78. The van der Waals surface area contributed by atoms with E-state index in [1.54, 1.807) is 0 Å². The third kappa shape index (κ3) is 4.81. The van der Waals surface area contributed by atoms with Gasteiger partial charge in [-0.15, -0.1) is 0 Å². The Kier molecular flexibility index (Phi) is 6.37. The maximum absolute atomic E-state index is 12.1. The molecule has 1 aliphatic rings. The van der Waals surface area contributed by atoms with Crippen LogP contribution in [0.3, 0.4) is 0 Å². The van der Waals surface area contributed by atoms with E-state index in [0.717, 1.165) is 26.2 Å². The number of amides is 1. The number of nitrogens with zero attached hydrogens (tertiary/aromatic N) is 1. The lowest BCUT2D eigenvalue weighted by atomic mass is 9.98. The van der Waals surface area contributed by atoms with Crippen molar-refractivity contribution >= 4 is 11.9 Å². The van der Waals surface area contributed by atoms with Gasteiger partial charge in [0.25, 0.3) is 0 Å². The van der Waals surface area contributed by atoms with Gasteiger partial charge in [-0.1, -0.05) is 23.8 Å². The van der Waals surface area contributed by atoms with Crippen molar-refractivity contribution in [2.24, 2.45) is 0 Å². The quantitative estimate of drug-likeness (QED) is 0.798. The zero-order chi connectivity index (χ0) is 17.7. The molecule has 1 aromatic carbocycles. The van der Waals surface area contributed by atoms with Gasteiger partial charge in [0.15, 0.2) is 0 Å². The molecular weight excluding hydrogens is 304 g/mol. The Labute approximate surface area is 144 Å². The van der Waals surface area contributed by atoms with Crippen molar-refractivity contribution in [2.45, 2.75) is 46.1 Å². The predicted molar refractivity (Wildman–Crippen MR) is 90.5 cm³/mol. The number of hydrogen-bond acceptors (Lipinski definition) is 3. The highest BCUT2D eigenvalue weighted by Crippen LogP contribution is 2.16. The molecule has 1 aromatic rings. The monoisotopic (exact) mass is 332 g/mol. The van der Waals surface area contributed by atoms with Crippen LogP contribution in [0.1, 0.15) is 48.9 Å². The summed E-state index contributed by atoms with van der Waals surface area (Å²) >= 11 is 0. The highest BCUT2D eigenvalue weighted by Gasteiger charge is 2.28. The molecule has 1 atom stereocenters. The molecule has 1 fully saturated rings. The maximum atomic E-state index is 12.1. The summed E-state index contributed by atoms with van der Waals surface area (Å²) in [6, 6.07) is 7.03. The molecule has 5 nitrogen and oxygen atoms in total. The average Bonchev–Trinajstić information content (AvgIpc) is 2.54. The predicted octanol–water partition coefficient (Wildman–Crippen LogP) is 0.0117. The van der Waals surface area contributed by atoms with Crippen molar-refractivity contribution in [1.82, 2.24) is 4.90 Å². The van der Waals surface area contributed by atoms with E-state index in [0.29, 0.717) is 18.9 Å². The Bertz CT molecular complexity index is 592. The molecule has 1 heterocycles. The van der Waals surface area contributed by atoms with Crippen LogP contribution in [-0.4, -0.2) is 43.0 Å². The van der Waals surface area contributed by atoms with Crippen LogP contribution in [0.5, 0.6) is 0 Å². The van der Waals surface area contributed by atoms with E-state index in [9.17, 15) is 14.7 Å². The molecule has 1 amide bonds. The van der Waals surface area contributed by atoms with Crippen LogP contribution in [-0.2, 0) is 9.59 Å². The SMILES string of the molecule is Cc1ccc([C@H](C)[NH+]2CCN(C(=O)CCCC(=O)[O-])CC2)c(C)c1. The number of rotatable bonds is 6. The lowest BCUT2D eigenvalue weighted by molar-refractivity contribution is -0.933. The third-order valence-electron chi connectivity index (χ3n) is 5.03. The number of benzene rings is 1. The molecule has 1 N–H and O–H groups in total. The first-order chi connectivity index (χ1) is 11.4. The number of aliphatic carboxylic acids is 1. The Morgan fingerprint density at radius 3 is 2.46 bits per heavy atom. The van der Waals surface area contributed by atoms with E-state index in [2.05, 4.69) is 39.0 Å². The maximum Gasteiger partial charge on any atom is 0.222 e. The highest BCUT2D eigenvalue weighted by molar-refractivity contribution is 5.76. The average molecular weight is 332 g/mol. The fraction of sp³-hybridized carbons (Fsp3) is 0.579. The summed E-state index contributed by atoms with van der Waals surface area (Å²) in [6.07, 6.45) is 0.629. The molecule has 0 aromatic heterocycles. The summed E-state index contributed by atoms with van der Waals surface area (Å²) in [5.41, 5.74) is 3.99. The molecule has 5 heteroatoms. The van der Waals surface area contributed by atoms with Crippen LogP contribution in [0, 0.1) is 13.8 Å². The van der Waals surface area contributed by atoms with Crippen LogP contribution in [0.4, 0.5) is 0 Å². The second kappa shape index (κ2) is 8.29. The fourth-order valence-electron chi connectivity index (χ4n) is 3.55. The number of quaternary nitrogens is 1. The Morgan fingerprint density at radius 2 is 1.88 bits per heavy atom. The minimum atomic E-state index is -1.08. The van der Waals surface area contributed by atoms with Crippen molar-refractivity contribution in [3.8, 4) is 0 Å². The zero-order valence-electron chi connectivity index (χ0n) is 14.9. The van der Waals surface area contributed by atoms with E-state index in [-0.39, 0.29) is 12.3 Å². The first-order valence-electron chi connectivity index (χ1n) is 8.78. The number of hydrogen-bond donors (Lipinski definition) is 1. The molecule has 0 unspecified atom stereocenters. The van der Waals surface area contributed by atoms with Crippen LogP contribution >= 0.6 is 0 Å². The number of carbonyl (C=O) groups is 2. The Balaban J connectivity index is 1.85. The molecule has 132 valence electrons. The van der Waals surface area contributed by atoms with E-state index >= 15 is 0 Å². The van der Waals surface area contributed by atoms with Gasteiger partial charge in [0.05, 0.1) is 26.2 Å². The molecule has 2 rings (SSSR count). The number of carbonyl (C=O) groups excluding carboxylic acids is 2. The van der Waals surface area contributed by atoms with Gasteiger partial charge in [0.2, 0.25) is 5.91 Å². The minimum absolute atomic E-state index is 0.0410. The van der Waals surface area contributed by atoms with Crippen LogP contribution in [0.25, 0.3) is 0 Å². The van der Waals surface area contributed by atoms with Gasteiger partial charge in [-0.25, -0.2) is 0 Å². The molecule has 0 saturated carbocycles. The number of carboxylic acid groups (broad SMARTS) is 1. The summed E-state index contributed by atoms with van der Waals surface area (Å²) in [5.74, 6) is -1.02. The van der Waals surface area contributed by atoms with Crippen molar-refractivity contribution in [3.63, 3.8) is 0 Å². The number of aryl methyl sites for hydroxylation is 2. The largest absolute Gasteiger partial charge is 0.550 e. The van der Waals surface area contributed by atoms with Crippen molar-refractivity contribution in [2.75, 3.05) is 26.2 Å². The van der Waals surface area contributed by atoms with E-state index in [1.807, 2.05) is 4.90 Å². The smallest absolute Gasteiger partial charge is 0.222 e. The highest BCUT2D eigenvalue weighted by atomic mass is 16.4. The summed E-state index contributed by atoms with van der Waals surface area (Å²) < 4.78 is 0. The van der Waals surface area contributed by atoms with Crippen molar-refractivity contribution in [3.05, 3.63) is 34.9 Å². The van der Waals surface area contributed by atoms with Crippen LogP contribution in [0.15, 0.2) is 18.2 Å². The standard InChI is InChI=1S/C19H28N2O3/c1-14-7-8-17(15(2)13-14)16(3)20-9-11-21(12-10-20)18(22)5-4-6-19(23)24/h7-8,13,16H,4-6,9-12H2,1-3H3,(H,23,24)/t16-/m0/s1. The third-order valence-corrected chi connectivity index (χ3v) is 5.03. The van der Waals surface area contributed by atoms with Gasteiger partial charge in [0.1, 0.15) is 6.04 Å². The molecular formula is C19H28N2O3. The minimum Gasteiger partial charge on any atom is -0.550 e. The number of nitrogens with one attached hydrogen (secondary N) is 1. The molecule has 1 aliphatic heterocycles. The zero-order valence-corrected chi connectivity index (χ0v) is 14.9. The summed E-state index contributed by atoms with van der Waals surface area (Å²) in [7, 11) is 0. The number of piperazine rings is 1. The van der Waals surface area contributed by atoms with Gasteiger partial charge in [-0.3, -0.25) is 4.79 Å². The second-order valence-electron chi connectivity index (χ2n) is 6.85. The summed E-state index contributed by atoms with van der Waals surface area (Å²) in [5, 5.41) is 10.4. The van der Waals surface area contributed by atoms with Gasteiger partial charge in [-0.05, 0) is 39.2 Å². The van der Waals surface area contributed by atoms with E-state index in [4.69, 9.17) is 0 Å². The van der Waals surface area contributed by atoms with Crippen molar-refractivity contribution in [1.29, 1.82) is 0 Å². The fourth-order valence-corrected chi connectivity index (χ4v) is 3.55. The van der Waals surface area contributed by atoms with E-state index in [1.165, 1.54) is 21.6 Å². The second-order valence-corrected chi connectivity index (χ2v) is 6.85. The lowest BCUT2D eigenvalue weighted by Crippen LogP contribution is -3.14. The summed E-state index contributed by atoms with van der Waals surface area (Å²) in [6.45, 7) is 9.88. The van der Waals surface area contributed by atoms with Gasteiger partial charge >= 0.3 is 0 Å². The van der Waals surface area contributed by atoms with Crippen LogP contribution in [0.2, 0.25) is 0 Å². The normalized spacial score (nSPS) is 16.9. The van der Waals surface area contributed by atoms with E-state index < -0.39 is 5.97 Å². The lowest BCUT2D eigenvalue weighted by Gasteiger charge is -2.36. The molecule has 1 saturated heterocycles. The first kappa shape index (κ1) is 18.5. The van der Waals surface area contributed by atoms with Gasteiger partial charge < -0.3 is 19.7 Å². The summed E-state index contributed by atoms with van der Waals surface area (Å²) in [4.78, 5) is 25.9. The Hall–Kier alpha value is -1.88. The number of carboxylic acids is 1. The topological polar surface area (TPSA) is 64.9 Å². The molecule has 24 heavy (non-hydrogen) atoms. The molecule has 0 spiro atoms. The van der Waals surface area contributed by atoms with Gasteiger partial charge in [-0.2, -0.15) is 0 Å². The van der Waals surface area contributed by atoms with Gasteiger partial charge in [0, 0.05) is 18.0 Å². The molecule has 0 radical (unpaired) electrons. The molecule has 0 aliphatic carbocycles. The molecule has 0 bridgehead atoms. The van der Waals surface area contributed by atoms with Crippen molar-refractivity contribution < 1.29 is 19.6 Å². The Morgan fingerprint density at radius 1 is 1.21 bits per heavy atom.